The summed E-state index contributed by atoms with van der Waals surface area (Å²) in [5, 5.41) is 0. The van der Waals surface area contributed by atoms with Crippen LogP contribution in [0.2, 0.25) is 0 Å². The van der Waals surface area contributed by atoms with Gasteiger partial charge in [-0.1, -0.05) is 36.9 Å². The van der Waals surface area contributed by atoms with Crippen molar-refractivity contribution in [3.8, 4) is 0 Å². The predicted molar refractivity (Wildman–Crippen MR) is 81.2 cm³/mol. The molecule has 0 spiro atoms. The highest BCUT2D eigenvalue weighted by atomic mass is 32.3. The van der Waals surface area contributed by atoms with Gasteiger partial charge in [-0.25, -0.2) is 13.2 Å². The molecule has 0 bridgehead atoms. The van der Waals surface area contributed by atoms with E-state index >= 15 is 0 Å². The van der Waals surface area contributed by atoms with Gasteiger partial charge in [0.15, 0.2) is 0 Å². The third-order valence-electron chi connectivity index (χ3n) is 2.67. The molecule has 0 radical (unpaired) electrons. The quantitative estimate of drug-likeness (QED) is 0.414. The minimum Gasteiger partial charge on any atom is -0.460 e. The molecule has 0 atom stereocenters. The standard InChI is InChI=1S/C15H20O6S/c1-12(2)14(16)19-10-11-20-22(17,18)21-15(3,4)13-8-6-5-7-9-13/h5-9H,1,10-11H2,2-4H3. The zero-order valence-corrected chi connectivity index (χ0v) is 13.7. The molecule has 22 heavy (non-hydrogen) atoms. The minimum atomic E-state index is -4.22. The summed E-state index contributed by atoms with van der Waals surface area (Å²) in [4.78, 5) is 11.1. The van der Waals surface area contributed by atoms with Crippen LogP contribution in [0.15, 0.2) is 42.5 Å². The topological polar surface area (TPSA) is 78.9 Å². The Kier molecular flexibility index (Phi) is 6.28. The van der Waals surface area contributed by atoms with E-state index in [4.69, 9.17) is 8.92 Å². The second kappa shape index (κ2) is 7.53. The van der Waals surface area contributed by atoms with Crippen LogP contribution in [0.3, 0.4) is 0 Å². The Labute approximate surface area is 131 Å². The monoisotopic (exact) mass is 328 g/mol. The highest BCUT2D eigenvalue weighted by Crippen LogP contribution is 2.26. The number of hydrogen-bond acceptors (Lipinski definition) is 6. The van der Waals surface area contributed by atoms with Gasteiger partial charge in [0.05, 0.1) is 0 Å². The number of hydrogen-bond donors (Lipinski definition) is 0. The van der Waals surface area contributed by atoms with Gasteiger partial charge in [-0.15, -0.1) is 0 Å². The number of rotatable bonds is 8. The van der Waals surface area contributed by atoms with Crippen molar-refractivity contribution >= 4 is 16.4 Å². The van der Waals surface area contributed by atoms with E-state index in [2.05, 4.69) is 10.8 Å². The first-order valence-corrected chi connectivity index (χ1v) is 7.95. The van der Waals surface area contributed by atoms with E-state index in [9.17, 15) is 13.2 Å². The van der Waals surface area contributed by atoms with Gasteiger partial charge in [0, 0.05) is 5.57 Å². The zero-order chi connectivity index (χ0) is 16.8. The Balaban J connectivity index is 2.53. The van der Waals surface area contributed by atoms with Crippen LogP contribution < -0.4 is 0 Å². The van der Waals surface area contributed by atoms with Crippen molar-refractivity contribution in [1.29, 1.82) is 0 Å². The minimum absolute atomic E-state index is 0.208. The van der Waals surface area contributed by atoms with Gasteiger partial charge in [-0.2, -0.15) is 8.42 Å². The maximum Gasteiger partial charge on any atom is 0.400 e. The number of carbonyl (C=O) groups is 1. The Hall–Kier alpha value is -1.70. The van der Waals surface area contributed by atoms with Crippen molar-refractivity contribution in [2.45, 2.75) is 26.4 Å². The number of esters is 1. The van der Waals surface area contributed by atoms with Crippen molar-refractivity contribution in [1.82, 2.24) is 0 Å². The zero-order valence-electron chi connectivity index (χ0n) is 12.9. The molecule has 0 amide bonds. The average molecular weight is 328 g/mol. The summed E-state index contributed by atoms with van der Waals surface area (Å²) in [5.74, 6) is -0.605. The van der Waals surface area contributed by atoms with Crippen molar-refractivity contribution < 1.29 is 26.3 Å². The molecule has 0 heterocycles. The molecule has 0 fully saturated rings. The number of carbonyl (C=O) groups excluding carboxylic acids is 1. The summed E-state index contributed by atoms with van der Waals surface area (Å²) < 4.78 is 38.0. The lowest BCUT2D eigenvalue weighted by Gasteiger charge is -2.24. The molecular formula is C15H20O6S. The first-order valence-electron chi connectivity index (χ1n) is 6.62. The number of benzene rings is 1. The lowest BCUT2D eigenvalue weighted by Crippen LogP contribution is -2.27. The summed E-state index contributed by atoms with van der Waals surface area (Å²) in [7, 11) is -4.22. The van der Waals surface area contributed by atoms with E-state index in [0.717, 1.165) is 0 Å². The maximum absolute atomic E-state index is 11.8. The molecule has 0 saturated carbocycles. The maximum atomic E-state index is 11.8. The Bertz CT molecular complexity index is 619. The van der Waals surface area contributed by atoms with Crippen LogP contribution in [0, 0.1) is 0 Å². The van der Waals surface area contributed by atoms with Gasteiger partial charge in [0.1, 0.15) is 18.8 Å². The Morgan fingerprint density at radius 2 is 1.77 bits per heavy atom. The van der Waals surface area contributed by atoms with Crippen LogP contribution in [0.25, 0.3) is 0 Å². The van der Waals surface area contributed by atoms with Crippen molar-refractivity contribution in [3.63, 3.8) is 0 Å². The molecule has 0 unspecified atom stereocenters. The van der Waals surface area contributed by atoms with Gasteiger partial charge >= 0.3 is 16.4 Å². The molecule has 0 N–H and O–H groups in total. The fraction of sp³-hybridized carbons (Fsp3) is 0.400. The summed E-state index contributed by atoms with van der Waals surface area (Å²) in [5.41, 5.74) is -0.158. The van der Waals surface area contributed by atoms with E-state index in [1.54, 1.807) is 38.1 Å². The largest absolute Gasteiger partial charge is 0.460 e. The first-order chi connectivity index (χ1) is 10.1. The van der Waals surface area contributed by atoms with E-state index in [1.165, 1.54) is 6.92 Å². The highest BCUT2D eigenvalue weighted by Gasteiger charge is 2.29. The molecule has 0 saturated heterocycles. The van der Waals surface area contributed by atoms with Crippen LogP contribution in [0.5, 0.6) is 0 Å². The third-order valence-corrected chi connectivity index (χ3v) is 3.75. The molecule has 6 nitrogen and oxygen atoms in total. The molecule has 0 aliphatic carbocycles. The average Bonchev–Trinajstić information content (AvgIpc) is 2.43. The molecule has 0 aliphatic rings. The summed E-state index contributed by atoms with van der Waals surface area (Å²) in [6.07, 6.45) is 0. The van der Waals surface area contributed by atoms with Crippen LogP contribution >= 0.6 is 0 Å². The van der Waals surface area contributed by atoms with Crippen LogP contribution in [-0.2, 0) is 33.9 Å². The van der Waals surface area contributed by atoms with Crippen LogP contribution in [-0.4, -0.2) is 27.6 Å². The highest BCUT2D eigenvalue weighted by molar-refractivity contribution is 7.81. The van der Waals surface area contributed by atoms with Crippen molar-refractivity contribution in [2.75, 3.05) is 13.2 Å². The van der Waals surface area contributed by atoms with Crippen LogP contribution in [0.1, 0.15) is 26.3 Å². The lowest BCUT2D eigenvalue weighted by atomic mass is 9.99. The van der Waals surface area contributed by atoms with Gasteiger partial charge in [-0.05, 0) is 26.3 Å². The van der Waals surface area contributed by atoms with Crippen molar-refractivity contribution in [3.05, 3.63) is 48.0 Å². The third kappa shape index (κ3) is 5.97. The van der Waals surface area contributed by atoms with Crippen LogP contribution in [0.4, 0.5) is 0 Å². The van der Waals surface area contributed by atoms with Gasteiger partial charge in [0.25, 0.3) is 0 Å². The predicted octanol–water partition coefficient (Wildman–Crippen LogP) is 2.32. The molecule has 1 rings (SSSR count). The Morgan fingerprint density at radius 1 is 1.18 bits per heavy atom. The normalized spacial score (nSPS) is 12.0. The van der Waals surface area contributed by atoms with E-state index in [-0.39, 0.29) is 18.8 Å². The molecular weight excluding hydrogens is 308 g/mol. The number of ether oxygens (including phenoxy) is 1. The molecule has 0 aromatic heterocycles. The van der Waals surface area contributed by atoms with E-state index in [1.807, 2.05) is 6.07 Å². The first kappa shape index (κ1) is 18.3. The smallest absolute Gasteiger partial charge is 0.400 e. The van der Waals surface area contributed by atoms with Gasteiger partial charge in [0.2, 0.25) is 0 Å². The summed E-state index contributed by atoms with van der Waals surface area (Å²) >= 11 is 0. The molecule has 0 aliphatic heterocycles. The second-order valence-corrected chi connectivity index (χ2v) is 6.33. The lowest BCUT2D eigenvalue weighted by molar-refractivity contribution is -0.139. The summed E-state index contributed by atoms with van der Waals surface area (Å²) in [6.45, 7) is 7.59. The molecule has 1 aromatic carbocycles. The summed E-state index contributed by atoms with van der Waals surface area (Å²) in [6, 6.07) is 8.89. The van der Waals surface area contributed by atoms with E-state index in [0.29, 0.717) is 5.56 Å². The fourth-order valence-corrected chi connectivity index (χ4v) is 2.49. The Morgan fingerprint density at radius 3 is 2.32 bits per heavy atom. The molecule has 1 aromatic rings. The van der Waals surface area contributed by atoms with Crippen molar-refractivity contribution in [2.24, 2.45) is 0 Å². The fourth-order valence-electron chi connectivity index (χ4n) is 1.56. The van der Waals surface area contributed by atoms with E-state index < -0.39 is 22.0 Å². The second-order valence-electron chi connectivity index (χ2n) is 5.11. The van der Waals surface area contributed by atoms with Gasteiger partial charge in [-0.3, -0.25) is 0 Å². The molecule has 7 heteroatoms. The van der Waals surface area contributed by atoms with Gasteiger partial charge < -0.3 is 4.74 Å². The molecule has 122 valence electrons. The SMILES string of the molecule is C=C(C)C(=O)OCCOS(=O)(=O)OC(C)(C)c1ccccc1.